The molecule has 0 amide bonds. The Labute approximate surface area is 187 Å². The number of hydrogen-bond donors (Lipinski definition) is 5. The predicted octanol–water partition coefficient (Wildman–Crippen LogP) is 2.30. The van der Waals surface area contributed by atoms with Crippen molar-refractivity contribution in [3.05, 3.63) is 30.0 Å². The van der Waals surface area contributed by atoms with Gasteiger partial charge in [0.05, 0.1) is 39.7 Å². The SMILES string of the molecule is Cc1nc(NC(CF)CF)nc(N[C@@H]2C[C@H](CO)[C@@H](O)[C@H]2O)c1-c1nc2ccccc2s1. The van der Waals surface area contributed by atoms with Crippen LogP contribution >= 0.6 is 11.3 Å². The number of nitrogens with one attached hydrogen (secondary N) is 2. The Hall–Kier alpha value is -2.47. The number of aliphatic hydroxyl groups excluding tert-OH is 3. The van der Waals surface area contributed by atoms with E-state index in [9.17, 15) is 24.1 Å². The first-order valence-electron chi connectivity index (χ1n) is 10.3. The van der Waals surface area contributed by atoms with Crippen LogP contribution in [0.25, 0.3) is 20.8 Å². The number of alkyl halides is 2. The number of aromatic nitrogens is 3. The molecule has 1 aliphatic carbocycles. The van der Waals surface area contributed by atoms with Crippen LogP contribution in [0.1, 0.15) is 12.1 Å². The normalized spacial score (nSPS) is 23.2. The minimum atomic E-state index is -1.12. The predicted molar refractivity (Wildman–Crippen MR) is 119 cm³/mol. The number of aliphatic hydroxyl groups is 3. The van der Waals surface area contributed by atoms with Gasteiger partial charge >= 0.3 is 0 Å². The highest BCUT2D eigenvalue weighted by atomic mass is 32.1. The van der Waals surface area contributed by atoms with Crippen molar-refractivity contribution in [3.63, 3.8) is 0 Å². The van der Waals surface area contributed by atoms with E-state index in [2.05, 4.69) is 25.6 Å². The highest BCUT2D eigenvalue weighted by Gasteiger charge is 2.41. The highest BCUT2D eigenvalue weighted by Crippen LogP contribution is 2.38. The van der Waals surface area contributed by atoms with Gasteiger partial charge in [-0.3, -0.25) is 0 Å². The van der Waals surface area contributed by atoms with Crippen LogP contribution in [0.4, 0.5) is 20.5 Å². The van der Waals surface area contributed by atoms with Crippen molar-refractivity contribution < 1.29 is 24.1 Å². The third kappa shape index (κ3) is 4.38. The topological polar surface area (TPSA) is 123 Å². The van der Waals surface area contributed by atoms with Gasteiger partial charge in [0.1, 0.15) is 30.3 Å². The maximum absolute atomic E-state index is 13.0. The highest BCUT2D eigenvalue weighted by molar-refractivity contribution is 7.21. The third-order valence-corrected chi connectivity index (χ3v) is 6.72. The molecule has 0 saturated heterocycles. The molecule has 5 N–H and O–H groups in total. The van der Waals surface area contributed by atoms with Gasteiger partial charge < -0.3 is 26.0 Å². The lowest BCUT2D eigenvalue weighted by Gasteiger charge is -2.22. The minimum absolute atomic E-state index is 0.0434. The standard InChI is InChI=1S/C21H25F2N5O3S/c1-10-16(20-27-13-4-2-3-5-15(13)32-20)19(28-21(24-10)25-12(7-22)8-23)26-14-6-11(9-29)17(30)18(14)31/h2-5,11-12,14,17-18,29-31H,6-9H2,1H3,(H2,24,25,26,28)/t11-,14-,17-,18+/m1/s1. The summed E-state index contributed by atoms with van der Waals surface area (Å²) >= 11 is 1.45. The second-order valence-corrected chi connectivity index (χ2v) is 8.93. The van der Waals surface area contributed by atoms with E-state index < -0.39 is 43.6 Å². The van der Waals surface area contributed by atoms with Gasteiger partial charge in [0.2, 0.25) is 5.95 Å². The lowest BCUT2D eigenvalue weighted by atomic mass is 10.1. The Kier molecular flexibility index (Phi) is 6.79. The number of hydrogen-bond acceptors (Lipinski definition) is 9. The summed E-state index contributed by atoms with van der Waals surface area (Å²) in [5, 5.41) is 36.6. The Balaban J connectivity index is 1.76. The van der Waals surface area contributed by atoms with Crippen LogP contribution in [0.2, 0.25) is 0 Å². The van der Waals surface area contributed by atoms with Crippen molar-refractivity contribution in [1.29, 1.82) is 0 Å². The number of fused-ring (bicyclic) bond motifs is 1. The Morgan fingerprint density at radius 2 is 1.88 bits per heavy atom. The van der Waals surface area contributed by atoms with Gasteiger partial charge in [-0.25, -0.2) is 18.7 Å². The van der Waals surface area contributed by atoms with Gasteiger partial charge in [0.25, 0.3) is 0 Å². The Morgan fingerprint density at radius 3 is 2.53 bits per heavy atom. The molecule has 0 spiro atoms. The molecular weight excluding hydrogens is 440 g/mol. The fourth-order valence-electron chi connectivity index (χ4n) is 3.90. The van der Waals surface area contributed by atoms with E-state index in [1.165, 1.54) is 11.3 Å². The van der Waals surface area contributed by atoms with Crippen LogP contribution in [0, 0.1) is 12.8 Å². The quantitative estimate of drug-likeness (QED) is 0.343. The van der Waals surface area contributed by atoms with Gasteiger partial charge in [-0.05, 0) is 25.5 Å². The van der Waals surface area contributed by atoms with Gasteiger partial charge in [-0.2, -0.15) is 4.98 Å². The number of rotatable bonds is 8. The number of para-hydroxylation sites is 1. The fourth-order valence-corrected chi connectivity index (χ4v) is 4.97. The van der Waals surface area contributed by atoms with Crippen molar-refractivity contribution in [2.24, 2.45) is 5.92 Å². The van der Waals surface area contributed by atoms with Crippen LogP contribution in [-0.2, 0) is 0 Å². The first-order chi connectivity index (χ1) is 15.4. The summed E-state index contributed by atoms with van der Waals surface area (Å²) in [4.78, 5) is 13.5. The van der Waals surface area contributed by atoms with Gasteiger partial charge in [0, 0.05) is 12.5 Å². The molecule has 11 heteroatoms. The van der Waals surface area contributed by atoms with Gasteiger partial charge in [-0.15, -0.1) is 11.3 Å². The summed E-state index contributed by atoms with van der Waals surface area (Å²) in [5.74, 6) is -0.108. The molecule has 2 heterocycles. The Bertz CT molecular complexity index is 1050. The molecule has 1 saturated carbocycles. The molecule has 4 atom stereocenters. The van der Waals surface area contributed by atoms with E-state index in [1.54, 1.807) is 6.92 Å². The zero-order valence-electron chi connectivity index (χ0n) is 17.4. The molecule has 1 fully saturated rings. The summed E-state index contributed by atoms with van der Waals surface area (Å²) < 4.78 is 27.1. The first kappa shape index (κ1) is 22.7. The maximum atomic E-state index is 13.0. The molecule has 32 heavy (non-hydrogen) atoms. The number of benzene rings is 1. The molecule has 8 nitrogen and oxygen atoms in total. The van der Waals surface area contributed by atoms with Crippen molar-refractivity contribution in [1.82, 2.24) is 15.0 Å². The second-order valence-electron chi connectivity index (χ2n) is 7.90. The van der Waals surface area contributed by atoms with Gasteiger partial charge in [0.15, 0.2) is 0 Å². The molecule has 4 rings (SSSR count). The monoisotopic (exact) mass is 465 g/mol. The van der Waals surface area contributed by atoms with Crippen LogP contribution in [0.5, 0.6) is 0 Å². The zero-order valence-corrected chi connectivity index (χ0v) is 18.2. The summed E-state index contributed by atoms with van der Waals surface area (Å²) in [7, 11) is 0. The average molecular weight is 466 g/mol. The van der Waals surface area contributed by atoms with E-state index in [-0.39, 0.29) is 12.6 Å². The Morgan fingerprint density at radius 1 is 1.12 bits per heavy atom. The molecule has 2 aromatic heterocycles. The van der Waals surface area contributed by atoms with Crippen LogP contribution < -0.4 is 10.6 Å². The molecule has 0 bridgehead atoms. The minimum Gasteiger partial charge on any atom is -0.396 e. The number of aryl methyl sites for hydroxylation is 1. The molecule has 3 aromatic rings. The summed E-state index contributed by atoms with van der Waals surface area (Å²) in [6, 6.07) is 5.99. The van der Waals surface area contributed by atoms with Crippen molar-refractivity contribution in [2.45, 2.75) is 37.6 Å². The number of halogens is 2. The zero-order chi connectivity index (χ0) is 22.8. The van der Waals surface area contributed by atoms with E-state index in [1.807, 2.05) is 24.3 Å². The first-order valence-corrected chi connectivity index (χ1v) is 11.1. The van der Waals surface area contributed by atoms with Crippen molar-refractivity contribution in [2.75, 3.05) is 30.6 Å². The van der Waals surface area contributed by atoms with E-state index in [0.717, 1.165) is 10.2 Å². The molecule has 0 aliphatic heterocycles. The third-order valence-electron chi connectivity index (χ3n) is 5.66. The van der Waals surface area contributed by atoms with Crippen LogP contribution in [0.15, 0.2) is 24.3 Å². The summed E-state index contributed by atoms with van der Waals surface area (Å²) in [5.41, 5.74) is 1.95. The second kappa shape index (κ2) is 9.57. The number of nitrogens with zero attached hydrogens (tertiary/aromatic N) is 3. The molecule has 0 radical (unpaired) electrons. The van der Waals surface area contributed by atoms with Crippen LogP contribution in [-0.4, -0.2) is 74.5 Å². The fraction of sp³-hybridized carbons (Fsp3) is 0.476. The van der Waals surface area contributed by atoms with E-state index >= 15 is 0 Å². The van der Waals surface area contributed by atoms with E-state index in [0.29, 0.717) is 28.5 Å². The molecule has 1 aliphatic rings. The lowest BCUT2D eigenvalue weighted by Crippen LogP contribution is -2.36. The number of thiazole rings is 1. The lowest BCUT2D eigenvalue weighted by molar-refractivity contribution is 0.00446. The van der Waals surface area contributed by atoms with Gasteiger partial charge in [-0.1, -0.05) is 12.1 Å². The summed E-state index contributed by atoms with van der Waals surface area (Å²) in [6.07, 6.45) is -1.88. The maximum Gasteiger partial charge on any atom is 0.225 e. The average Bonchev–Trinajstić information content (AvgIpc) is 3.33. The molecular formula is C21H25F2N5O3S. The molecule has 0 unspecified atom stereocenters. The number of anilines is 2. The van der Waals surface area contributed by atoms with Crippen molar-refractivity contribution >= 4 is 33.3 Å². The molecule has 1 aromatic carbocycles. The van der Waals surface area contributed by atoms with E-state index in [4.69, 9.17) is 0 Å². The smallest absolute Gasteiger partial charge is 0.225 e. The summed E-state index contributed by atoms with van der Waals surface area (Å²) in [6.45, 7) is -0.360. The molecule has 172 valence electrons. The van der Waals surface area contributed by atoms with Crippen LogP contribution in [0.3, 0.4) is 0 Å². The largest absolute Gasteiger partial charge is 0.396 e. The van der Waals surface area contributed by atoms with Crippen molar-refractivity contribution in [3.8, 4) is 10.6 Å².